The zero-order chi connectivity index (χ0) is 14.3. The molecule has 1 aliphatic heterocycles. The Balaban J connectivity index is 1.83. The normalized spacial score (nSPS) is 23.5. The maximum atomic E-state index is 11.3. The highest BCUT2D eigenvalue weighted by molar-refractivity contribution is 5.83. The van der Waals surface area contributed by atoms with E-state index < -0.39 is 11.4 Å². The SMILES string of the molecule is Cn1cc(CN2CCC(C)(C(=O)O)C2)c2ccccc21. The number of para-hydroxylation sites is 1. The van der Waals surface area contributed by atoms with E-state index in [1.807, 2.05) is 13.0 Å². The molecule has 106 valence electrons. The lowest BCUT2D eigenvalue weighted by atomic mass is 9.90. The second-order valence-electron chi connectivity index (χ2n) is 6.11. The van der Waals surface area contributed by atoms with Crippen molar-refractivity contribution >= 4 is 16.9 Å². The average Bonchev–Trinajstić information content (AvgIpc) is 2.94. The van der Waals surface area contributed by atoms with Gasteiger partial charge in [-0.25, -0.2) is 0 Å². The van der Waals surface area contributed by atoms with E-state index in [4.69, 9.17) is 0 Å². The number of nitrogens with zero attached hydrogens (tertiary/aromatic N) is 2. The Kier molecular flexibility index (Phi) is 3.05. The van der Waals surface area contributed by atoms with E-state index in [1.54, 1.807) is 0 Å². The highest BCUT2D eigenvalue weighted by Crippen LogP contribution is 2.32. The molecule has 0 aliphatic carbocycles. The number of aliphatic carboxylic acids is 1. The first-order chi connectivity index (χ1) is 9.49. The molecule has 1 unspecified atom stereocenters. The fourth-order valence-corrected chi connectivity index (χ4v) is 3.16. The molecule has 1 saturated heterocycles. The molecule has 2 heterocycles. The second kappa shape index (κ2) is 4.63. The first kappa shape index (κ1) is 13.2. The highest BCUT2D eigenvalue weighted by atomic mass is 16.4. The zero-order valence-corrected chi connectivity index (χ0v) is 12.0. The summed E-state index contributed by atoms with van der Waals surface area (Å²) in [6.07, 6.45) is 2.88. The van der Waals surface area contributed by atoms with Crippen LogP contribution in [0.3, 0.4) is 0 Å². The molecule has 0 radical (unpaired) electrons. The van der Waals surface area contributed by atoms with Crippen molar-refractivity contribution in [1.29, 1.82) is 0 Å². The van der Waals surface area contributed by atoms with Crippen LogP contribution in [0.1, 0.15) is 18.9 Å². The summed E-state index contributed by atoms with van der Waals surface area (Å²) in [6, 6.07) is 8.35. The third kappa shape index (κ3) is 2.10. The summed E-state index contributed by atoms with van der Waals surface area (Å²) < 4.78 is 2.14. The van der Waals surface area contributed by atoms with Crippen molar-refractivity contribution in [2.24, 2.45) is 12.5 Å². The molecule has 20 heavy (non-hydrogen) atoms. The van der Waals surface area contributed by atoms with Gasteiger partial charge in [0, 0.05) is 37.2 Å². The molecule has 1 fully saturated rings. The van der Waals surface area contributed by atoms with E-state index in [1.165, 1.54) is 16.5 Å². The number of likely N-dealkylation sites (tertiary alicyclic amines) is 1. The molecule has 0 saturated carbocycles. The number of aromatic nitrogens is 1. The van der Waals surface area contributed by atoms with Crippen molar-refractivity contribution < 1.29 is 9.90 Å². The molecule has 0 bridgehead atoms. The molecular formula is C16H20N2O2. The van der Waals surface area contributed by atoms with E-state index >= 15 is 0 Å². The van der Waals surface area contributed by atoms with Gasteiger partial charge in [0.1, 0.15) is 0 Å². The van der Waals surface area contributed by atoms with Crippen LogP contribution >= 0.6 is 0 Å². The van der Waals surface area contributed by atoms with Gasteiger partial charge in [0.25, 0.3) is 0 Å². The lowest BCUT2D eigenvalue weighted by molar-refractivity contribution is -0.147. The maximum Gasteiger partial charge on any atom is 0.310 e. The summed E-state index contributed by atoms with van der Waals surface area (Å²) in [7, 11) is 2.05. The third-order valence-electron chi connectivity index (χ3n) is 4.44. The molecular weight excluding hydrogens is 252 g/mol. The number of carbonyl (C=O) groups is 1. The van der Waals surface area contributed by atoms with E-state index in [-0.39, 0.29) is 0 Å². The van der Waals surface area contributed by atoms with E-state index in [9.17, 15) is 9.90 Å². The summed E-state index contributed by atoms with van der Waals surface area (Å²) in [4.78, 5) is 13.6. The van der Waals surface area contributed by atoms with Gasteiger partial charge in [-0.15, -0.1) is 0 Å². The minimum atomic E-state index is -0.682. The number of rotatable bonds is 3. The van der Waals surface area contributed by atoms with Crippen LogP contribution in [0.2, 0.25) is 0 Å². The molecule has 1 aromatic carbocycles. The minimum absolute atomic E-state index is 0.593. The van der Waals surface area contributed by atoms with Gasteiger partial charge in [-0.3, -0.25) is 9.69 Å². The summed E-state index contributed by atoms with van der Waals surface area (Å²) in [5.41, 5.74) is 1.91. The van der Waals surface area contributed by atoms with E-state index in [2.05, 4.69) is 40.9 Å². The molecule has 3 rings (SSSR count). The Labute approximate surface area is 118 Å². The first-order valence-corrected chi connectivity index (χ1v) is 6.98. The molecule has 0 spiro atoms. The Morgan fingerprint density at radius 1 is 1.40 bits per heavy atom. The smallest absolute Gasteiger partial charge is 0.310 e. The van der Waals surface area contributed by atoms with Gasteiger partial charge in [0.05, 0.1) is 5.41 Å². The predicted molar refractivity (Wildman–Crippen MR) is 78.6 cm³/mol. The van der Waals surface area contributed by atoms with Gasteiger partial charge >= 0.3 is 5.97 Å². The van der Waals surface area contributed by atoms with Gasteiger partial charge in [-0.05, 0) is 31.5 Å². The Hall–Kier alpha value is -1.81. The Bertz CT molecular complexity index is 662. The number of hydrogen-bond acceptors (Lipinski definition) is 2. The molecule has 0 amide bonds. The van der Waals surface area contributed by atoms with Gasteiger partial charge in [-0.2, -0.15) is 0 Å². The third-order valence-corrected chi connectivity index (χ3v) is 4.44. The van der Waals surface area contributed by atoms with E-state index in [0.29, 0.717) is 6.54 Å². The van der Waals surface area contributed by atoms with Crippen LogP contribution in [-0.4, -0.2) is 33.6 Å². The molecule has 1 atom stereocenters. The largest absolute Gasteiger partial charge is 0.481 e. The minimum Gasteiger partial charge on any atom is -0.481 e. The first-order valence-electron chi connectivity index (χ1n) is 6.98. The van der Waals surface area contributed by atoms with Crippen LogP contribution in [0, 0.1) is 5.41 Å². The van der Waals surface area contributed by atoms with Crippen LogP contribution in [0.5, 0.6) is 0 Å². The number of hydrogen-bond donors (Lipinski definition) is 1. The van der Waals surface area contributed by atoms with Crippen LogP contribution in [0.25, 0.3) is 10.9 Å². The van der Waals surface area contributed by atoms with E-state index in [0.717, 1.165) is 19.5 Å². The molecule has 1 N–H and O–H groups in total. The molecule has 2 aromatic rings. The van der Waals surface area contributed by atoms with Gasteiger partial charge in [0.2, 0.25) is 0 Å². The maximum absolute atomic E-state index is 11.3. The number of carboxylic acids is 1. The standard InChI is InChI=1S/C16H20N2O2/c1-16(15(19)20)7-8-18(11-16)10-12-9-17(2)14-6-4-3-5-13(12)14/h3-6,9H,7-8,10-11H2,1-2H3,(H,19,20). The monoisotopic (exact) mass is 272 g/mol. The average molecular weight is 272 g/mol. The van der Waals surface area contributed by atoms with Gasteiger partial charge in [0.15, 0.2) is 0 Å². The van der Waals surface area contributed by atoms with Crippen molar-refractivity contribution in [3.63, 3.8) is 0 Å². The summed E-state index contributed by atoms with van der Waals surface area (Å²) in [6.45, 7) is 4.15. The number of fused-ring (bicyclic) bond motifs is 1. The number of carboxylic acid groups (broad SMARTS) is 1. The lowest BCUT2D eigenvalue weighted by Gasteiger charge is -2.19. The summed E-state index contributed by atoms with van der Waals surface area (Å²) in [5.74, 6) is -0.682. The highest BCUT2D eigenvalue weighted by Gasteiger charge is 2.40. The van der Waals surface area contributed by atoms with Crippen molar-refractivity contribution in [3.8, 4) is 0 Å². The van der Waals surface area contributed by atoms with Crippen LogP contribution in [0.15, 0.2) is 30.5 Å². The topological polar surface area (TPSA) is 45.5 Å². The molecule has 4 nitrogen and oxygen atoms in total. The van der Waals surface area contributed by atoms with Gasteiger partial charge in [-0.1, -0.05) is 18.2 Å². The molecule has 4 heteroatoms. The number of benzene rings is 1. The van der Waals surface area contributed by atoms with Crippen molar-refractivity contribution in [1.82, 2.24) is 9.47 Å². The zero-order valence-electron chi connectivity index (χ0n) is 12.0. The van der Waals surface area contributed by atoms with Crippen molar-refractivity contribution in [2.45, 2.75) is 19.9 Å². The predicted octanol–water partition coefficient (Wildman–Crippen LogP) is 2.47. The van der Waals surface area contributed by atoms with Crippen molar-refractivity contribution in [2.75, 3.05) is 13.1 Å². The fraction of sp³-hybridized carbons (Fsp3) is 0.438. The Morgan fingerprint density at radius 2 is 2.15 bits per heavy atom. The molecule has 1 aromatic heterocycles. The lowest BCUT2D eigenvalue weighted by Crippen LogP contribution is -2.31. The van der Waals surface area contributed by atoms with Crippen LogP contribution in [0.4, 0.5) is 0 Å². The Morgan fingerprint density at radius 3 is 2.85 bits per heavy atom. The fourth-order valence-electron chi connectivity index (χ4n) is 3.16. The summed E-state index contributed by atoms with van der Waals surface area (Å²) >= 11 is 0. The summed E-state index contributed by atoms with van der Waals surface area (Å²) in [5, 5.41) is 10.6. The number of aryl methyl sites for hydroxylation is 1. The second-order valence-corrected chi connectivity index (χ2v) is 6.11. The van der Waals surface area contributed by atoms with Crippen LogP contribution < -0.4 is 0 Å². The quantitative estimate of drug-likeness (QED) is 0.933. The van der Waals surface area contributed by atoms with Gasteiger partial charge < -0.3 is 9.67 Å². The van der Waals surface area contributed by atoms with Crippen LogP contribution in [-0.2, 0) is 18.4 Å². The molecule has 1 aliphatic rings. The van der Waals surface area contributed by atoms with Crippen molar-refractivity contribution in [3.05, 3.63) is 36.0 Å².